The topological polar surface area (TPSA) is 32.3 Å². The number of nitrogens with one attached hydrogen (secondary N) is 1. The van der Waals surface area contributed by atoms with Gasteiger partial charge in [-0.25, -0.2) is 0 Å². The van der Waals surface area contributed by atoms with Crippen LogP contribution >= 0.6 is 0 Å². The minimum Gasteiger partial charge on any atom is -0.314 e. The highest BCUT2D eigenvalue weighted by Gasteiger charge is 2.34. The molecule has 3 nitrogen and oxygen atoms in total. The Bertz CT molecular complexity index is 470. The number of ketones is 1. The highest BCUT2D eigenvalue weighted by Crippen LogP contribution is 2.20. The number of carbonyl (C=O) groups excluding carboxylic acids is 1. The molecule has 3 heteroatoms. The second-order valence-electron chi connectivity index (χ2n) is 6.79. The van der Waals surface area contributed by atoms with Crippen LogP contribution in [0.25, 0.3) is 0 Å². The number of rotatable bonds is 5. The molecule has 0 saturated carbocycles. The Labute approximate surface area is 128 Å². The van der Waals surface area contributed by atoms with Crippen molar-refractivity contribution in [1.82, 2.24) is 10.2 Å². The maximum atomic E-state index is 12.7. The Morgan fingerprint density at radius 3 is 2.29 bits per heavy atom. The van der Waals surface area contributed by atoms with E-state index in [1.165, 1.54) is 5.56 Å². The van der Waals surface area contributed by atoms with E-state index in [-0.39, 0.29) is 5.54 Å². The molecule has 116 valence electrons. The van der Waals surface area contributed by atoms with Gasteiger partial charge in [-0.05, 0) is 30.9 Å². The van der Waals surface area contributed by atoms with E-state index < -0.39 is 0 Å². The molecule has 1 saturated heterocycles. The molecule has 1 aromatic rings. The largest absolute Gasteiger partial charge is 0.314 e. The zero-order valence-corrected chi connectivity index (χ0v) is 13.8. The molecule has 0 aromatic heterocycles. The quantitative estimate of drug-likeness (QED) is 0.904. The van der Waals surface area contributed by atoms with E-state index in [0.717, 1.165) is 31.7 Å². The number of Topliss-reactive ketones (excluding diaryl/α,β-unsaturated/α-hetero) is 1. The summed E-state index contributed by atoms with van der Waals surface area (Å²) in [4.78, 5) is 15.0. The normalized spacial score (nSPS) is 17.2. The van der Waals surface area contributed by atoms with E-state index in [1.807, 2.05) is 0 Å². The molecule has 0 bridgehead atoms. The summed E-state index contributed by atoms with van der Waals surface area (Å²) in [6.45, 7) is 12.3. The lowest BCUT2D eigenvalue weighted by Crippen LogP contribution is -2.57. The average molecular weight is 288 g/mol. The minimum atomic E-state index is -0.376. The summed E-state index contributed by atoms with van der Waals surface area (Å²) in [6, 6.07) is 8.48. The molecule has 0 unspecified atom stereocenters. The van der Waals surface area contributed by atoms with E-state index in [2.05, 4.69) is 62.2 Å². The van der Waals surface area contributed by atoms with Gasteiger partial charge in [-0.1, -0.05) is 38.1 Å². The van der Waals surface area contributed by atoms with Crippen LogP contribution in [0.1, 0.15) is 44.7 Å². The first-order valence-corrected chi connectivity index (χ1v) is 7.99. The fourth-order valence-corrected chi connectivity index (χ4v) is 2.82. The third kappa shape index (κ3) is 3.92. The molecule has 1 aliphatic heterocycles. The maximum Gasteiger partial charge on any atom is 0.156 e. The van der Waals surface area contributed by atoms with Gasteiger partial charge < -0.3 is 5.32 Å². The van der Waals surface area contributed by atoms with Gasteiger partial charge in [0.15, 0.2) is 5.78 Å². The summed E-state index contributed by atoms with van der Waals surface area (Å²) >= 11 is 0. The van der Waals surface area contributed by atoms with Gasteiger partial charge in [-0.3, -0.25) is 9.69 Å². The van der Waals surface area contributed by atoms with Gasteiger partial charge in [0.05, 0.1) is 5.54 Å². The van der Waals surface area contributed by atoms with Gasteiger partial charge in [0, 0.05) is 32.6 Å². The molecule has 1 aliphatic rings. The van der Waals surface area contributed by atoms with Crippen molar-refractivity contribution in [3.8, 4) is 0 Å². The van der Waals surface area contributed by atoms with Crippen molar-refractivity contribution in [2.45, 2.75) is 45.6 Å². The Hall–Kier alpha value is -1.19. The van der Waals surface area contributed by atoms with Crippen LogP contribution in [0, 0.1) is 0 Å². The molecule has 1 aromatic carbocycles. The fraction of sp³-hybridized carbons (Fsp3) is 0.611. The Morgan fingerprint density at radius 2 is 1.76 bits per heavy atom. The standard InChI is InChI=1S/C18H28N2O/c1-14(2)16-7-5-15(6-8-16)13-17(21)18(3,4)20-11-9-19-10-12-20/h5-8,14,19H,9-13H2,1-4H3. The molecular formula is C18H28N2O. The molecule has 21 heavy (non-hydrogen) atoms. The molecule has 0 aliphatic carbocycles. The average Bonchev–Trinajstić information content (AvgIpc) is 2.48. The number of piperazine rings is 1. The summed E-state index contributed by atoms with van der Waals surface area (Å²) in [5, 5.41) is 3.34. The summed E-state index contributed by atoms with van der Waals surface area (Å²) in [7, 11) is 0. The number of hydrogen-bond donors (Lipinski definition) is 1. The summed E-state index contributed by atoms with van der Waals surface area (Å²) in [5.74, 6) is 0.841. The number of carbonyl (C=O) groups is 1. The lowest BCUT2D eigenvalue weighted by atomic mass is 9.90. The Kier molecular flexibility index (Phi) is 5.17. The summed E-state index contributed by atoms with van der Waals surface area (Å²) in [5.41, 5.74) is 2.07. The molecule has 2 rings (SSSR count). The second kappa shape index (κ2) is 6.71. The third-order valence-corrected chi connectivity index (χ3v) is 4.60. The van der Waals surface area contributed by atoms with Crippen LogP contribution in [0.4, 0.5) is 0 Å². The minimum absolute atomic E-state index is 0.307. The number of benzene rings is 1. The first kappa shape index (κ1) is 16.2. The van der Waals surface area contributed by atoms with Gasteiger partial charge in [-0.2, -0.15) is 0 Å². The third-order valence-electron chi connectivity index (χ3n) is 4.60. The van der Waals surface area contributed by atoms with Gasteiger partial charge >= 0.3 is 0 Å². The Morgan fingerprint density at radius 1 is 1.19 bits per heavy atom. The zero-order valence-electron chi connectivity index (χ0n) is 13.8. The van der Waals surface area contributed by atoms with Crippen molar-refractivity contribution in [2.75, 3.05) is 26.2 Å². The van der Waals surface area contributed by atoms with Crippen LogP contribution in [0.2, 0.25) is 0 Å². The lowest BCUT2D eigenvalue weighted by molar-refractivity contribution is -0.129. The molecule has 1 fully saturated rings. The highest BCUT2D eigenvalue weighted by atomic mass is 16.1. The van der Waals surface area contributed by atoms with Crippen LogP contribution in [-0.4, -0.2) is 42.4 Å². The predicted octanol–water partition coefficient (Wildman–Crippen LogP) is 2.61. The van der Waals surface area contributed by atoms with Crippen LogP contribution < -0.4 is 5.32 Å². The fourth-order valence-electron chi connectivity index (χ4n) is 2.82. The van der Waals surface area contributed by atoms with Gasteiger partial charge in [0.1, 0.15) is 0 Å². The number of nitrogens with zero attached hydrogens (tertiary/aromatic N) is 1. The first-order valence-electron chi connectivity index (χ1n) is 7.99. The van der Waals surface area contributed by atoms with E-state index in [4.69, 9.17) is 0 Å². The van der Waals surface area contributed by atoms with Gasteiger partial charge in [0.25, 0.3) is 0 Å². The zero-order chi connectivity index (χ0) is 15.5. The van der Waals surface area contributed by atoms with Crippen molar-refractivity contribution in [1.29, 1.82) is 0 Å². The van der Waals surface area contributed by atoms with E-state index in [9.17, 15) is 4.79 Å². The number of hydrogen-bond acceptors (Lipinski definition) is 3. The highest BCUT2D eigenvalue weighted by molar-refractivity contribution is 5.89. The van der Waals surface area contributed by atoms with E-state index in [1.54, 1.807) is 0 Å². The molecule has 1 N–H and O–H groups in total. The van der Waals surface area contributed by atoms with Crippen molar-refractivity contribution in [3.05, 3.63) is 35.4 Å². The van der Waals surface area contributed by atoms with Crippen LogP contribution in [0.5, 0.6) is 0 Å². The summed E-state index contributed by atoms with van der Waals surface area (Å²) < 4.78 is 0. The maximum absolute atomic E-state index is 12.7. The molecule has 0 radical (unpaired) electrons. The van der Waals surface area contributed by atoms with Crippen molar-refractivity contribution in [2.24, 2.45) is 0 Å². The van der Waals surface area contributed by atoms with Gasteiger partial charge in [-0.15, -0.1) is 0 Å². The van der Waals surface area contributed by atoms with Crippen molar-refractivity contribution < 1.29 is 4.79 Å². The van der Waals surface area contributed by atoms with Crippen LogP contribution in [-0.2, 0) is 11.2 Å². The summed E-state index contributed by atoms with van der Waals surface area (Å²) in [6.07, 6.45) is 0.523. The van der Waals surface area contributed by atoms with Crippen LogP contribution in [0.3, 0.4) is 0 Å². The van der Waals surface area contributed by atoms with E-state index in [0.29, 0.717) is 18.1 Å². The molecule has 1 heterocycles. The smallest absolute Gasteiger partial charge is 0.156 e. The molecule has 0 spiro atoms. The van der Waals surface area contributed by atoms with Crippen molar-refractivity contribution in [3.63, 3.8) is 0 Å². The second-order valence-corrected chi connectivity index (χ2v) is 6.79. The lowest BCUT2D eigenvalue weighted by Gasteiger charge is -2.40. The monoisotopic (exact) mass is 288 g/mol. The van der Waals surface area contributed by atoms with E-state index >= 15 is 0 Å². The van der Waals surface area contributed by atoms with Gasteiger partial charge in [0.2, 0.25) is 0 Å². The van der Waals surface area contributed by atoms with Crippen LogP contribution in [0.15, 0.2) is 24.3 Å². The first-order chi connectivity index (χ1) is 9.91. The predicted molar refractivity (Wildman–Crippen MR) is 87.8 cm³/mol. The molecular weight excluding hydrogens is 260 g/mol. The Balaban J connectivity index is 2.02. The SMILES string of the molecule is CC(C)c1ccc(CC(=O)C(C)(C)N2CCNCC2)cc1. The molecule has 0 amide bonds. The van der Waals surface area contributed by atoms with Crippen molar-refractivity contribution >= 4 is 5.78 Å². The molecule has 0 atom stereocenters.